The topological polar surface area (TPSA) is 87.1 Å². The van der Waals surface area contributed by atoms with Gasteiger partial charge < -0.3 is 15.0 Å². The second kappa shape index (κ2) is 5.46. The Bertz CT molecular complexity index is 549. The number of rotatable bonds is 4. The summed E-state index contributed by atoms with van der Waals surface area (Å²) in [5, 5.41) is 3.99. The van der Waals surface area contributed by atoms with Crippen molar-refractivity contribution in [1.82, 2.24) is 15.1 Å². The summed E-state index contributed by atoms with van der Waals surface area (Å²) in [6.07, 6.45) is 4.80. The van der Waals surface area contributed by atoms with Crippen LogP contribution in [0.3, 0.4) is 0 Å². The molecule has 0 spiro atoms. The predicted molar refractivity (Wildman–Crippen MR) is 68.1 cm³/mol. The van der Waals surface area contributed by atoms with Crippen LogP contribution in [0, 0.1) is 0 Å². The summed E-state index contributed by atoms with van der Waals surface area (Å²) in [6, 6.07) is 3.70. The molecular formula is C13H16N4O2. The molecule has 6 heteroatoms. The van der Waals surface area contributed by atoms with Crippen LogP contribution in [0.4, 0.5) is 0 Å². The van der Waals surface area contributed by atoms with Crippen molar-refractivity contribution in [2.45, 2.75) is 31.9 Å². The van der Waals surface area contributed by atoms with Gasteiger partial charge in [0, 0.05) is 31.3 Å². The van der Waals surface area contributed by atoms with Crippen LogP contribution in [0.1, 0.15) is 24.4 Å². The van der Waals surface area contributed by atoms with Crippen LogP contribution in [0.5, 0.6) is 0 Å². The van der Waals surface area contributed by atoms with Crippen molar-refractivity contribution < 1.29 is 9.26 Å². The van der Waals surface area contributed by atoms with Crippen molar-refractivity contribution in [2.75, 3.05) is 6.61 Å². The smallest absolute Gasteiger partial charge is 0.258 e. The number of pyridine rings is 1. The Morgan fingerprint density at radius 3 is 3.16 bits per heavy atom. The Balaban J connectivity index is 1.76. The summed E-state index contributed by atoms with van der Waals surface area (Å²) in [4.78, 5) is 8.53. The van der Waals surface area contributed by atoms with Gasteiger partial charge in [0.15, 0.2) is 5.82 Å². The molecule has 1 saturated heterocycles. The van der Waals surface area contributed by atoms with Crippen molar-refractivity contribution in [3.63, 3.8) is 0 Å². The van der Waals surface area contributed by atoms with Crippen molar-refractivity contribution >= 4 is 0 Å². The van der Waals surface area contributed by atoms with E-state index >= 15 is 0 Å². The minimum atomic E-state index is 0.225. The molecule has 3 rings (SSSR count). The summed E-state index contributed by atoms with van der Waals surface area (Å²) in [7, 11) is 0. The normalized spacial score (nSPS) is 18.9. The predicted octanol–water partition coefficient (Wildman–Crippen LogP) is 1.31. The molecule has 0 aliphatic carbocycles. The second-order valence-corrected chi connectivity index (χ2v) is 4.59. The highest BCUT2D eigenvalue weighted by Crippen LogP contribution is 2.20. The molecule has 0 aromatic carbocycles. The lowest BCUT2D eigenvalue weighted by Gasteiger charge is -2.03. The van der Waals surface area contributed by atoms with E-state index in [2.05, 4.69) is 15.1 Å². The molecule has 0 radical (unpaired) electrons. The van der Waals surface area contributed by atoms with E-state index in [4.69, 9.17) is 15.0 Å². The minimum absolute atomic E-state index is 0.225. The number of ether oxygens (including phenoxy) is 1. The Kier molecular flexibility index (Phi) is 3.52. The second-order valence-electron chi connectivity index (χ2n) is 4.59. The molecule has 1 fully saturated rings. The maximum atomic E-state index is 5.57. The van der Waals surface area contributed by atoms with Crippen molar-refractivity contribution in [2.24, 2.45) is 5.73 Å². The van der Waals surface area contributed by atoms with Gasteiger partial charge >= 0.3 is 0 Å². The molecule has 1 atom stereocenters. The van der Waals surface area contributed by atoms with Gasteiger partial charge in [-0.25, -0.2) is 0 Å². The fourth-order valence-corrected chi connectivity index (χ4v) is 2.19. The highest BCUT2D eigenvalue weighted by Gasteiger charge is 2.19. The molecule has 19 heavy (non-hydrogen) atoms. The fourth-order valence-electron chi connectivity index (χ4n) is 2.19. The molecule has 100 valence electrons. The molecule has 2 aromatic heterocycles. The van der Waals surface area contributed by atoms with Gasteiger partial charge in [0.2, 0.25) is 0 Å². The van der Waals surface area contributed by atoms with Crippen molar-refractivity contribution in [3.8, 4) is 11.5 Å². The Morgan fingerprint density at radius 2 is 2.37 bits per heavy atom. The molecule has 1 unspecified atom stereocenters. The quantitative estimate of drug-likeness (QED) is 0.891. The number of hydrogen-bond acceptors (Lipinski definition) is 6. The summed E-state index contributed by atoms with van der Waals surface area (Å²) in [5.74, 6) is 1.19. The van der Waals surface area contributed by atoms with Gasteiger partial charge in [0.1, 0.15) is 0 Å². The summed E-state index contributed by atoms with van der Waals surface area (Å²) < 4.78 is 10.8. The van der Waals surface area contributed by atoms with Crippen LogP contribution >= 0.6 is 0 Å². The monoisotopic (exact) mass is 260 g/mol. The first kappa shape index (κ1) is 12.3. The van der Waals surface area contributed by atoms with Gasteiger partial charge in [-0.1, -0.05) is 5.16 Å². The maximum Gasteiger partial charge on any atom is 0.258 e. The number of nitrogens with zero attached hydrogens (tertiary/aromatic N) is 3. The average molecular weight is 260 g/mol. The molecular weight excluding hydrogens is 244 g/mol. The third kappa shape index (κ3) is 2.80. The van der Waals surface area contributed by atoms with Gasteiger partial charge in [0.05, 0.1) is 11.8 Å². The Hall–Kier alpha value is -1.79. The summed E-state index contributed by atoms with van der Waals surface area (Å²) >= 11 is 0. The molecule has 6 nitrogen and oxygen atoms in total. The zero-order chi connectivity index (χ0) is 13.1. The molecule has 1 aliphatic heterocycles. The number of aromatic nitrogens is 3. The van der Waals surface area contributed by atoms with E-state index in [-0.39, 0.29) is 6.10 Å². The molecule has 0 amide bonds. The summed E-state index contributed by atoms with van der Waals surface area (Å²) in [5.41, 5.74) is 7.22. The van der Waals surface area contributed by atoms with Crippen molar-refractivity contribution in [1.29, 1.82) is 0 Å². The molecule has 0 saturated carbocycles. The largest absolute Gasteiger partial charge is 0.378 e. The molecule has 1 aliphatic rings. The lowest BCUT2D eigenvalue weighted by molar-refractivity contribution is 0.109. The number of hydrogen-bond donors (Lipinski definition) is 1. The molecule has 2 N–H and O–H groups in total. The first-order valence-corrected chi connectivity index (χ1v) is 6.44. The van der Waals surface area contributed by atoms with Crippen LogP contribution in [-0.2, 0) is 17.7 Å². The first-order chi connectivity index (χ1) is 9.35. The third-order valence-corrected chi connectivity index (χ3v) is 3.17. The van der Waals surface area contributed by atoms with E-state index in [1.807, 2.05) is 12.1 Å². The van der Waals surface area contributed by atoms with Crippen LogP contribution in [0.15, 0.2) is 22.9 Å². The lowest BCUT2D eigenvalue weighted by Crippen LogP contribution is -2.09. The third-order valence-electron chi connectivity index (χ3n) is 3.17. The standard InChI is InChI=1S/C13H16N4O2/c14-8-10-6-9(3-4-15-10)13-16-12(17-19-13)7-11-2-1-5-18-11/h3-4,6,11H,1-2,5,7-8,14H2. The maximum absolute atomic E-state index is 5.57. The zero-order valence-electron chi connectivity index (χ0n) is 10.6. The number of nitrogens with two attached hydrogens (primary N) is 1. The summed E-state index contributed by atoms with van der Waals surface area (Å²) in [6.45, 7) is 1.23. The van der Waals surface area contributed by atoms with E-state index in [0.29, 0.717) is 24.7 Å². The molecule has 2 aromatic rings. The first-order valence-electron chi connectivity index (χ1n) is 6.44. The van der Waals surface area contributed by atoms with Crippen LogP contribution in [-0.4, -0.2) is 27.8 Å². The molecule has 0 bridgehead atoms. The SMILES string of the molecule is NCc1cc(-c2nc(CC3CCCO3)no2)ccn1. The minimum Gasteiger partial charge on any atom is -0.378 e. The van der Waals surface area contributed by atoms with Gasteiger partial charge in [0.25, 0.3) is 5.89 Å². The van der Waals surface area contributed by atoms with Crippen molar-refractivity contribution in [3.05, 3.63) is 29.8 Å². The van der Waals surface area contributed by atoms with Crippen LogP contribution in [0.2, 0.25) is 0 Å². The van der Waals surface area contributed by atoms with E-state index in [1.54, 1.807) is 6.20 Å². The Morgan fingerprint density at radius 1 is 1.42 bits per heavy atom. The fraction of sp³-hybridized carbons (Fsp3) is 0.462. The van der Waals surface area contributed by atoms with E-state index in [9.17, 15) is 0 Å². The zero-order valence-corrected chi connectivity index (χ0v) is 10.6. The van der Waals surface area contributed by atoms with E-state index < -0.39 is 0 Å². The van der Waals surface area contributed by atoms with Gasteiger partial charge in [-0.3, -0.25) is 4.98 Å². The Labute approximate surface area is 111 Å². The van der Waals surface area contributed by atoms with Gasteiger partial charge in [-0.05, 0) is 25.0 Å². The van der Waals surface area contributed by atoms with E-state index in [0.717, 1.165) is 30.7 Å². The van der Waals surface area contributed by atoms with Gasteiger partial charge in [-0.15, -0.1) is 0 Å². The van der Waals surface area contributed by atoms with Crippen LogP contribution < -0.4 is 5.73 Å². The average Bonchev–Trinajstić information content (AvgIpc) is 3.11. The van der Waals surface area contributed by atoms with E-state index in [1.165, 1.54) is 0 Å². The van der Waals surface area contributed by atoms with Crippen LogP contribution in [0.25, 0.3) is 11.5 Å². The highest BCUT2D eigenvalue weighted by atomic mass is 16.5. The van der Waals surface area contributed by atoms with Gasteiger partial charge in [-0.2, -0.15) is 4.98 Å². The molecule has 3 heterocycles. The lowest BCUT2D eigenvalue weighted by atomic mass is 10.2. The highest BCUT2D eigenvalue weighted by molar-refractivity contribution is 5.52.